The van der Waals surface area contributed by atoms with E-state index in [9.17, 15) is 5.11 Å². The van der Waals surface area contributed by atoms with E-state index in [2.05, 4.69) is 43.2 Å². The van der Waals surface area contributed by atoms with Crippen molar-refractivity contribution < 1.29 is 5.11 Å². The van der Waals surface area contributed by atoms with E-state index in [1.165, 1.54) is 5.56 Å². The Hall–Kier alpha value is -1.68. The van der Waals surface area contributed by atoms with Crippen LogP contribution in [0.3, 0.4) is 0 Å². The summed E-state index contributed by atoms with van der Waals surface area (Å²) in [6, 6.07) is 8.13. The lowest BCUT2D eigenvalue weighted by Crippen LogP contribution is -2.11. The molecular weight excluding hydrogens is 238 g/mol. The van der Waals surface area contributed by atoms with Gasteiger partial charge < -0.3 is 5.11 Å². The minimum absolute atomic E-state index is 0.133. The molecule has 0 aliphatic carbocycles. The molecule has 102 valence electrons. The molecule has 2 aromatic rings. The van der Waals surface area contributed by atoms with Crippen LogP contribution in [0.25, 0.3) is 0 Å². The molecule has 0 saturated carbocycles. The lowest BCUT2D eigenvalue weighted by atomic mass is 9.86. The molecule has 19 heavy (non-hydrogen) atoms. The van der Waals surface area contributed by atoms with Crippen LogP contribution in [0, 0.1) is 0 Å². The third kappa shape index (κ3) is 3.41. The number of aliphatic hydroxyl groups is 1. The van der Waals surface area contributed by atoms with E-state index in [0.29, 0.717) is 6.42 Å². The Morgan fingerprint density at radius 3 is 2.32 bits per heavy atom. The summed E-state index contributed by atoms with van der Waals surface area (Å²) >= 11 is 0. The van der Waals surface area contributed by atoms with E-state index < -0.39 is 6.10 Å². The van der Waals surface area contributed by atoms with Gasteiger partial charge in [0.1, 0.15) is 0 Å². The van der Waals surface area contributed by atoms with Gasteiger partial charge in [-0.2, -0.15) is 0 Å². The lowest BCUT2D eigenvalue weighted by molar-refractivity contribution is 0.177. The Bertz CT molecular complexity index is 537. The topological polar surface area (TPSA) is 50.9 Å². The summed E-state index contributed by atoms with van der Waals surface area (Å²) in [5, 5.41) is 18.1. The standard InChI is InChI=1S/C15H21N3O/c1-15(2,3)12-7-5-11(6-8-12)14(19)9-13-10-18(4)17-16-13/h5-8,10,14,19H,9H2,1-4H3. The van der Waals surface area contributed by atoms with Crippen LogP contribution in [0.2, 0.25) is 0 Å². The molecule has 4 nitrogen and oxygen atoms in total. The van der Waals surface area contributed by atoms with Crippen LogP contribution in [0.15, 0.2) is 30.5 Å². The fraction of sp³-hybridized carbons (Fsp3) is 0.467. The first kappa shape index (κ1) is 13.7. The van der Waals surface area contributed by atoms with Crippen LogP contribution in [0.1, 0.15) is 43.7 Å². The van der Waals surface area contributed by atoms with Crippen molar-refractivity contribution in [2.75, 3.05) is 0 Å². The van der Waals surface area contributed by atoms with Crippen molar-refractivity contribution in [1.29, 1.82) is 0 Å². The van der Waals surface area contributed by atoms with E-state index in [-0.39, 0.29) is 5.41 Å². The highest BCUT2D eigenvalue weighted by atomic mass is 16.3. The Kier molecular flexibility index (Phi) is 3.71. The number of aliphatic hydroxyl groups excluding tert-OH is 1. The molecule has 1 N–H and O–H groups in total. The number of rotatable bonds is 3. The van der Waals surface area contributed by atoms with Gasteiger partial charge in [-0.3, -0.25) is 4.68 Å². The summed E-state index contributed by atoms with van der Waals surface area (Å²) in [6.45, 7) is 6.54. The Morgan fingerprint density at radius 1 is 1.21 bits per heavy atom. The van der Waals surface area contributed by atoms with Gasteiger partial charge in [0.25, 0.3) is 0 Å². The van der Waals surface area contributed by atoms with Gasteiger partial charge in [-0.1, -0.05) is 50.3 Å². The number of nitrogens with zero attached hydrogens (tertiary/aromatic N) is 3. The van der Waals surface area contributed by atoms with Crippen molar-refractivity contribution in [2.24, 2.45) is 7.05 Å². The third-order valence-electron chi connectivity index (χ3n) is 3.21. The zero-order valence-electron chi connectivity index (χ0n) is 12.0. The van der Waals surface area contributed by atoms with E-state index in [0.717, 1.165) is 11.3 Å². The predicted molar refractivity (Wildman–Crippen MR) is 74.8 cm³/mol. The highest BCUT2D eigenvalue weighted by Gasteiger charge is 2.15. The number of hydrogen-bond acceptors (Lipinski definition) is 3. The summed E-state index contributed by atoms with van der Waals surface area (Å²) in [5.74, 6) is 0. The Labute approximate surface area is 114 Å². The second-order valence-electron chi connectivity index (χ2n) is 5.98. The van der Waals surface area contributed by atoms with Gasteiger partial charge in [-0.15, -0.1) is 5.10 Å². The molecule has 0 fully saturated rings. The molecule has 1 unspecified atom stereocenters. The maximum Gasteiger partial charge on any atom is 0.0856 e. The summed E-state index contributed by atoms with van der Waals surface area (Å²) in [5.41, 5.74) is 3.12. The molecule has 1 atom stereocenters. The fourth-order valence-corrected chi connectivity index (χ4v) is 2.01. The summed E-state index contributed by atoms with van der Waals surface area (Å²) < 4.78 is 1.64. The predicted octanol–water partition coefficient (Wildman–Crippen LogP) is 2.39. The van der Waals surface area contributed by atoms with Gasteiger partial charge in [0.05, 0.1) is 11.8 Å². The fourth-order valence-electron chi connectivity index (χ4n) is 2.01. The van der Waals surface area contributed by atoms with E-state index in [4.69, 9.17) is 0 Å². The van der Waals surface area contributed by atoms with Crippen LogP contribution < -0.4 is 0 Å². The van der Waals surface area contributed by atoms with Crippen LogP contribution in [0.4, 0.5) is 0 Å². The molecule has 0 aliphatic heterocycles. The molecule has 4 heteroatoms. The first-order chi connectivity index (χ1) is 8.86. The highest BCUT2D eigenvalue weighted by Crippen LogP contribution is 2.24. The molecule has 0 aliphatic rings. The molecule has 0 radical (unpaired) electrons. The van der Waals surface area contributed by atoms with Crippen molar-refractivity contribution in [3.8, 4) is 0 Å². The average Bonchev–Trinajstić information content (AvgIpc) is 2.74. The number of aryl methyl sites for hydroxylation is 1. The van der Waals surface area contributed by atoms with Gasteiger partial charge in [0.15, 0.2) is 0 Å². The highest BCUT2D eigenvalue weighted by molar-refractivity contribution is 5.29. The SMILES string of the molecule is Cn1cc(CC(O)c2ccc(C(C)(C)C)cc2)nn1. The largest absolute Gasteiger partial charge is 0.388 e. The number of hydrogen-bond donors (Lipinski definition) is 1. The van der Waals surface area contributed by atoms with Gasteiger partial charge in [-0.05, 0) is 16.5 Å². The normalized spacial score (nSPS) is 13.5. The second-order valence-corrected chi connectivity index (χ2v) is 5.98. The van der Waals surface area contributed by atoms with E-state index in [1.54, 1.807) is 4.68 Å². The van der Waals surface area contributed by atoms with Crippen molar-refractivity contribution in [3.63, 3.8) is 0 Å². The quantitative estimate of drug-likeness (QED) is 0.920. The maximum absolute atomic E-state index is 10.2. The van der Waals surface area contributed by atoms with Crippen molar-refractivity contribution in [1.82, 2.24) is 15.0 Å². The van der Waals surface area contributed by atoms with Crippen molar-refractivity contribution in [2.45, 2.75) is 38.7 Å². The van der Waals surface area contributed by atoms with Gasteiger partial charge in [0.2, 0.25) is 0 Å². The van der Waals surface area contributed by atoms with Gasteiger partial charge in [0, 0.05) is 19.7 Å². The van der Waals surface area contributed by atoms with Crippen LogP contribution in [-0.2, 0) is 18.9 Å². The zero-order valence-corrected chi connectivity index (χ0v) is 12.0. The third-order valence-corrected chi connectivity index (χ3v) is 3.21. The molecule has 2 rings (SSSR count). The molecule has 1 aromatic carbocycles. The lowest BCUT2D eigenvalue weighted by Gasteiger charge is -2.20. The first-order valence-electron chi connectivity index (χ1n) is 6.50. The summed E-state index contributed by atoms with van der Waals surface area (Å²) in [6.07, 6.45) is 1.78. The smallest absolute Gasteiger partial charge is 0.0856 e. The van der Waals surface area contributed by atoms with Crippen LogP contribution in [-0.4, -0.2) is 20.1 Å². The summed E-state index contributed by atoms with van der Waals surface area (Å²) in [4.78, 5) is 0. The van der Waals surface area contributed by atoms with E-state index >= 15 is 0 Å². The number of benzene rings is 1. The first-order valence-corrected chi connectivity index (χ1v) is 6.50. The molecule has 0 amide bonds. The molecule has 0 saturated heterocycles. The van der Waals surface area contributed by atoms with Crippen molar-refractivity contribution >= 4 is 0 Å². The minimum atomic E-state index is -0.536. The minimum Gasteiger partial charge on any atom is -0.388 e. The average molecular weight is 259 g/mol. The van der Waals surface area contributed by atoms with Gasteiger partial charge >= 0.3 is 0 Å². The van der Waals surface area contributed by atoms with Gasteiger partial charge in [-0.25, -0.2) is 0 Å². The molecule has 1 heterocycles. The van der Waals surface area contributed by atoms with Crippen molar-refractivity contribution in [3.05, 3.63) is 47.3 Å². The maximum atomic E-state index is 10.2. The molecular formula is C15H21N3O. The summed E-state index contributed by atoms with van der Waals surface area (Å²) in [7, 11) is 1.82. The number of aromatic nitrogens is 3. The monoisotopic (exact) mass is 259 g/mol. The Morgan fingerprint density at radius 2 is 1.84 bits per heavy atom. The molecule has 0 bridgehead atoms. The van der Waals surface area contributed by atoms with E-state index in [1.807, 2.05) is 25.4 Å². The zero-order chi connectivity index (χ0) is 14.0. The molecule has 0 spiro atoms. The van der Waals surface area contributed by atoms with Crippen LogP contribution in [0.5, 0.6) is 0 Å². The Balaban J connectivity index is 2.09. The second kappa shape index (κ2) is 5.13. The molecule has 1 aromatic heterocycles. The van der Waals surface area contributed by atoms with Crippen LogP contribution >= 0.6 is 0 Å².